The lowest BCUT2D eigenvalue weighted by Gasteiger charge is -2.37. The van der Waals surface area contributed by atoms with Crippen LogP contribution in [0, 0.1) is 0 Å². The minimum Gasteiger partial charge on any atom is -0.333 e. The van der Waals surface area contributed by atoms with E-state index in [2.05, 4.69) is 11.5 Å². The second-order valence-corrected chi connectivity index (χ2v) is 5.63. The third-order valence-electron chi connectivity index (χ3n) is 2.97. The first-order chi connectivity index (χ1) is 8.69. The van der Waals surface area contributed by atoms with E-state index < -0.39 is 0 Å². The summed E-state index contributed by atoms with van der Waals surface area (Å²) in [5.74, 6) is 0.148. The smallest absolute Gasteiger partial charge is 0.237 e. The number of amides is 1. The van der Waals surface area contributed by atoms with E-state index in [1.807, 2.05) is 22.4 Å². The van der Waals surface area contributed by atoms with E-state index in [-0.39, 0.29) is 11.9 Å². The van der Waals surface area contributed by atoms with E-state index in [0.29, 0.717) is 19.6 Å². The van der Waals surface area contributed by atoms with Crippen LogP contribution < -0.4 is 5.73 Å². The molecule has 1 aromatic rings. The van der Waals surface area contributed by atoms with Crippen LogP contribution in [-0.2, 0) is 11.3 Å². The second-order valence-electron chi connectivity index (χ2n) is 4.60. The fourth-order valence-electron chi connectivity index (χ4n) is 2.03. The number of rotatable bonds is 6. The van der Waals surface area contributed by atoms with Gasteiger partial charge in [0.05, 0.1) is 13.1 Å². The molecular formula is C13H19N3OS. The number of hydrogen-bond donors (Lipinski definition) is 1. The van der Waals surface area contributed by atoms with Crippen molar-refractivity contribution in [2.75, 3.05) is 26.2 Å². The lowest BCUT2D eigenvalue weighted by atomic mass is 10.1. The first-order valence-electron chi connectivity index (χ1n) is 6.08. The van der Waals surface area contributed by atoms with Gasteiger partial charge in [0.2, 0.25) is 5.91 Å². The van der Waals surface area contributed by atoms with Gasteiger partial charge in [-0.25, -0.2) is 0 Å². The molecule has 1 saturated heterocycles. The van der Waals surface area contributed by atoms with Gasteiger partial charge in [-0.3, -0.25) is 9.69 Å². The van der Waals surface area contributed by atoms with E-state index in [0.717, 1.165) is 13.1 Å². The quantitative estimate of drug-likeness (QED) is 0.778. The van der Waals surface area contributed by atoms with Crippen LogP contribution in [0.2, 0.25) is 0 Å². The maximum absolute atomic E-state index is 12.2. The zero-order valence-corrected chi connectivity index (χ0v) is 11.2. The maximum atomic E-state index is 12.2. The van der Waals surface area contributed by atoms with Crippen LogP contribution in [-0.4, -0.2) is 47.9 Å². The summed E-state index contributed by atoms with van der Waals surface area (Å²) in [6, 6.07) is 4.29. The molecule has 1 aliphatic rings. The fraction of sp³-hybridized carbons (Fsp3) is 0.462. The predicted octanol–water partition coefficient (Wildman–Crippen LogP) is 0.906. The maximum Gasteiger partial charge on any atom is 0.237 e. The lowest BCUT2D eigenvalue weighted by molar-refractivity contribution is -0.133. The number of carbonyl (C=O) groups is 1. The highest BCUT2D eigenvalue weighted by Crippen LogP contribution is 2.13. The third-order valence-corrected chi connectivity index (χ3v) is 3.83. The summed E-state index contributed by atoms with van der Waals surface area (Å²) in [5, 5.41) is 2.03. The molecule has 0 saturated carbocycles. The largest absolute Gasteiger partial charge is 0.333 e. The summed E-state index contributed by atoms with van der Waals surface area (Å²) >= 11 is 1.67. The van der Waals surface area contributed by atoms with Crippen LogP contribution in [0.3, 0.4) is 0 Å². The highest BCUT2D eigenvalue weighted by atomic mass is 32.1. The summed E-state index contributed by atoms with van der Waals surface area (Å²) in [4.78, 5) is 17.3. The van der Waals surface area contributed by atoms with E-state index in [1.165, 1.54) is 4.88 Å². The minimum absolute atomic E-state index is 0.148. The van der Waals surface area contributed by atoms with Crippen LogP contribution in [0.25, 0.3) is 0 Å². The standard InChI is InChI=1S/C13H19N3OS/c1-2-5-16(9-12-4-3-6-18-12)13(17)10-15-7-11(14)8-15/h2-4,6,11H,1,5,7-10,14H2. The first kappa shape index (κ1) is 13.3. The molecule has 0 aliphatic carbocycles. The number of nitrogens with two attached hydrogens (primary N) is 1. The van der Waals surface area contributed by atoms with Gasteiger partial charge in [-0.1, -0.05) is 12.1 Å². The average Bonchev–Trinajstić information content (AvgIpc) is 2.79. The number of hydrogen-bond acceptors (Lipinski definition) is 4. The molecule has 4 nitrogen and oxygen atoms in total. The van der Waals surface area contributed by atoms with Crippen molar-refractivity contribution in [3.05, 3.63) is 35.0 Å². The molecule has 2 rings (SSSR count). The molecular weight excluding hydrogens is 246 g/mol. The Labute approximate surface area is 112 Å². The van der Waals surface area contributed by atoms with Crippen LogP contribution in [0.1, 0.15) is 4.88 Å². The molecule has 1 fully saturated rings. The Hall–Kier alpha value is -1.17. The Morgan fingerprint density at radius 3 is 3.00 bits per heavy atom. The predicted molar refractivity (Wildman–Crippen MR) is 74.3 cm³/mol. The molecule has 18 heavy (non-hydrogen) atoms. The lowest BCUT2D eigenvalue weighted by Crippen LogP contribution is -2.58. The molecule has 98 valence electrons. The molecule has 2 N–H and O–H groups in total. The summed E-state index contributed by atoms with van der Waals surface area (Å²) < 4.78 is 0. The molecule has 0 radical (unpaired) electrons. The van der Waals surface area contributed by atoms with Crippen LogP contribution in [0.5, 0.6) is 0 Å². The van der Waals surface area contributed by atoms with Gasteiger partial charge in [-0.2, -0.15) is 0 Å². The minimum atomic E-state index is 0.148. The van der Waals surface area contributed by atoms with E-state index in [9.17, 15) is 4.79 Å². The van der Waals surface area contributed by atoms with Gasteiger partial charge in [0.25, 0.3) is 0 Å². The fourth-order valence-corrected chi connectivity index (χ4v) is 2.75. The van der Waals surface area contributed by atoms with Crippen molar-refractivity contribution >= 4 is 17.2 Å². The normalized spacial score (nSPS) is 16.3. The Morgan fingerprint density at radius 2 is 2.44 bits per heavy atom. The molecule has 1 amide bonds. The van der Waals surface area contributed by atoms with E-state index in [4.69, 9.17) is 5.73 Å². The molecule has 0 aromatic carbocycles. The van der Waals surface area contributed by atoms with Gasteiger partial charge in [-0.05, 0) is 11.4 Å². The van der Waals surface area contributed by atoms with Gasteiger partial charge in [0.1, 0.15) is 0 Å². The summed E-state index contributed by atoms with van der Waals surface area (Å²) in [5.41, 5.74) is 5.71. The van der Waals surface area contributed by atoms with Crippen molar-refractivity contribution in [1.82, 2.24) is 9.80 Å². The van der Waals surface area contributed by atoms with Crippen LogP contribution >= 0.6 is 11.3 Å². The van der Waals surface area contributed by atoms with Crippen molar-refractivity contribution in [2.45, 2.75) is 12.6 Å². The van der Waals surface area contributed by atoms with Gasteiger partial charge in [0, 0.05) is 30.6 Å². The zero-order chi connectivity index (χ0) is 13.0. The molecule has 0 unspecified atom stereocenters. The van der Waals surface area contributed by atoms with Gasteiger partial charge in [-0.15, -0.1) is 17.9 Å². The van der Waals surface area contributed by atoms with Crippen LogP contribution in [0.4, 0.5) is 0 Å². The topological polar surface area (TPSA) is 49.6 Å². The summed E-state index contributed by atoms with van der Waals surface area (Å²) in [6.07, 6.45) is 1.77. The first-order valence-corrected chi connectivity index (χ1v) is 6.96. The molecule has 0 bridgehead atoms. The summed E-state index contributed by atoms with van der Waals surface area (Å²) in [6.45, 7) is 7.09. The Kier molecular flexibility index (Phi) is 4.52. The highest BCUT2D eigenvalue weighted by Gasteiger charge is 2.26. The Balaban J connectivity index is 1.87. The van der Waals surface area contributed by atoms with E-state index >= 15 is 0 Å². The molecule has 5 heteroatoms. The molecule has 1 aliphatic heterocycles. The van der Waals surface area contributed by atoms with Crippen LogP contribution in [0.15, 0.2) is 30.2 Å². The molecule has 2 heterocycles. The van der Waals surface area contributed by atoms with Gasteiger partial charge < -0.3 is 10.6 Å². The SMILES string of the molecule is C=CCN(Cc1cccs1)C(=O)CN1CC(N)C1. The number of carbonyl (C=O) groups excluding carboxylic acids is 1. The average molecular weight is 265 g/mol. The molecule has 1 aromatic heterocycles. The summed E-state index contributed by atoms with van der Waals surface area (Å²) in [7, 11) is 0. The molecule has 0 spiro atoms. The van der Waals surface area contributed by atoms with Crippen molar-refractivity contribution in [2.24, 2.45) is 5.73 Å². The second kappa shape index (κ2) is 6.13. The highest BCUT2D eigenvalue weighted by molar-refractivity contribution is 7.09. The Bertz CT molecular complexity index is 398. The number of nitrogens with zero attached hydrogens (tertiary/aromatic N) is 2. The molecule has 0 atom stereocenters. The number of likely N-dealkylation sites (tertiary alicyclic amines) is 1. The van der Waals surface area contributed by atoms with Gasteiger partial charge in [0.15, 0.2) is 0 Å². The van der Waals surface area contributed by atoms with Crippen molar-refractivity contribution in [1.29, 1.82) is 0 Å². The van der Waals surface area contributed by atoms with Crippen molar-refractivity contribution in [3.8, 4) is 0 Å². The van der Waals surface area contributed by atoms with E-state index in [1.54, 1.807) is 17.4 Å². The third kappa shape index (κ3) is 3.41. The van der Waals surface area contributed by atoms with Gasteiger partial charge >= 0.3 is 0 Å². The monoisotopic (exact) mass is 265 g/mol. The van der Waals surface area contributed by atoms with Crippen molar-refractivity contribution < 1.29 is 4.79 Å². The number of thiophene rings is 1. The zero-order valence-electron chi connectivity index (χ0n) is 10.4. The Morgan fingerprint density at radius 1 is 1.67 bits per heavy atom. The van der Waals surface area contributed by atoms with Crippen molar-refractivity contribution in [3.63, 3.8) is 0 Å².